The average molecular weight is 366 g/mol. The van der Waals surface area contributed by atoms with Crippen LogP contribution in [0.2, 0.25) is 0 Å². The van der Waals surface area contributed by atoms with E-state index in [1.165, 1.54) is 0 Å². The zero-order valence-electron chi connectivity index (χ0n) is 16.5. The number of hydrogen-bond acceptors (Lipinski definition) is 4. The first-order valence-electron chi connectivity index (χ1n) is 9.66. The van der Waals surface area contributed by atoms with Gasteiger partial charge in [-0.05, 0) is 69.3 Å². The fourth-order valence-electron chi connectivity index (χ4n) is 3.84. The summed E-state index contributed by atoms with van der Waals surface area (Å²) < 4.78 is 12.3. The molecule has 4 rings (SSSR count). The molecule has 0 saturated carbocycles. The van der Waals surface area contributed by atoms with E-state index in [-0.39, 0.29) is 5.78 Å². The molecule has 5 nitrogen and oxygen atoms in total. The van der Waals surface area contributed by atoms with Gasteiger partial charge < -0.3 is 20.0 Å². The highest BCUT2D eigenvalue weighted by atomic mass is 16.7. The maximum atomic E-state index is 12.2. The number of benzene rings is 1. The maximum Gasteiger partial charge on any atom is 0.491 e. The summed E-state index contributed by atoms with van der Waals surface area (Å²) in [6.45, 7) is 8.51. The van der Waals surface area contributed by atoms with E-state index >= 15 is 0 Å². The van der Waals surface area contributed by atoms with Crippen LogP contribution >= 0.6 is 0 Å². The molecule has 0 amide bonds. The van der Waals surface area contributed by atoms with Crippen molar-refractivity contribution in [3.8, 4) is 0 Å². The van der Waals surface area contributed by atoms with E-state index in [9.17, 15) is 4.79 Å². The highest BCUT2D eigenvalue weighted by Crippen LogP contribution is 2.39. The largest absolute Gasteiger partial charge is 0.491 e. The standard InChI is InChI=1S/C21H27BN2O3/c1-20(2)21(3,4)27-22(26-20)14(12-23)10-13-8-9-17-16(11-13)15-6-5-7-18(25)19(15)24-17/h8-11,24H,5-7,12,23H2,1-4H3. The first kappa shape index (κ1) is 18.5. The number of nitrogens with one attached hydrogen (secondary N) is 1. The molecule has 142 valence electrons. The van der Waals surface area contributed by atoms with Crippen molar-refractivity contribution in [2.75, 3.05) is 6.54 Å². The van der Waals surface area contributed by atoms with Crippen molar-refractivity contribution < 1.29 is 14.1 Å². The Labute approximate surface area is 160 Å². The highest BCUT2D eigenvalue weighted by molar-refractivity contribution is 6.55. The number of rotatable bonds is 3. The minimum Gasteiger partial charge on any atom is -0.400 e. The number of Topliss-reactive ketones (excluding diaryl/α,β-unsaturated/α-hetero) is 1. The summed E-state index contributed by atoms with van der Waals surface area (Å²) in [5.74, 6) is 0.212. The SMILES string of the molecule is CC1(C)OB(C(=Cc2ccc3[nH]c4c(c3c2)CCCC4=O)CN)OC1(C)C. The van der Waals surface area contributed by atoms with E-state index in [0.717, 1.165) is 46.0 Å². The second-order valence-electron chi connectivity index (χ2n) is 8.57. The lowest BCUT2D eigenvalue weighted by atomic mass is 9.77. The molecule has 2 heterocycles. The van der Waals surface area contributed by atoms with Crippen LogP contribution in [0.1, 0.15) is 62.2 Å². The van der Waals surface area contributed by atoms with Gasteiger partial charge in [0.15, 0.2) is 5.78 Å². The third-order valence-corrected chi connectivity index (χ3v) is 6.18. The Balaban J connectivity index is 1.70. The first-order valence-corrected chi connectivity index (χ1v) is 9.66. The summed E-state index contributed by atoms with van der Waals surface area (Å²) in [7, 11) is -0.447. The predicted molar refractivity (Wildman–Crippen MR) is 109 cm³/mol. The number of nitrogens with two attached hydrogens (primary N) is 1. The monoisotopic (exact) mass is 366 g/mol. The minimum absolute atomic E-state index is 0.212. The number of ketones is 1. The van der Waals surface area contributed by atoms with E-state index in [2.05, 4.69) is 11.1 Å². The van der Waals surface area contributed by atoms with Crippen molar-refractivity contribution >= 4 is 29.9 Å². The molecular formula is C21H27BN2O3. The van der Waals surface area contributed by atoms with E-state index in [1.54, 1.807) is 0 Å². The van der Waals surface area contributed by atoms with Gasteiger partial charge in [-0.3, -0.25) is 4.79 Å². The maximum absolute atomic E-state index is 12.2. The van der Waals surface area contributed by atoms with Gasteiger partial charge in [0.1, 0.15) is 0 Å². The quantitative estimate of drug-likeness (QED) is 0.813. The minimum atomic E-state index is -0.447. The summed E-state index contributed by atoms with van der Waals surface area (Å²) in [5.41, 5.74) is 10.1. The Hall–Kier alpha value is -1.89. The molecule has 1 aromatic heterocycles. The van der Waals surface area contributed by atoms with Crippen LogP contribution in [-0.2, 0) is 15.7 Å². The van der Waals surface area contributed by atoms with Gasteiger partial charge >= 0.3 is 7.12 Å². The van der Waals surface area contributed by atoms with Gasteiger partial charge in [0.2, 0.25) is 0 Å². The van der Waals surface area contributed by atoms with Crippen LogP contribution in [0.5, 0.6) is 0 Å². The Morgan fingerprint density at radius 1 is 1.22 bits per heavy atom. The van der Waals surface area contributed by atoms with Crippen molar-refractivity contribution in [3.63, 3.8) is 0 Å². The van der Waals surface area contributed by atoms with Gasteiger partial charge in [-0.1, -0.05) is 12.1 Å². The highest BCUT2D eigenvalue weighted by Gasteiger charge is 2.52. The molecule has 2 aliphatic rings. The predicted octanol–water partition coefficient (Wildman–Crippen LogP) is 3.66. The van der Waals surface area contributed by atoms with E-state index in [4.69, 9.17) is 15.0 Å². The van der Waals surface area contributed by atoms with Crippen LogP contribution in [-0.4, -0.2) is 35.6 Å². The molecular weight excluding hydrogens is 339 g/mol. The summed E-state index contributed by atoms with van der Waals surface area (Å²) in [6.07, 6.45) is 4.54. The number of aromatic amines is 1. The molecule has 6 heteroatoms. The van der Waals surface area contributed by atoms with Gasteiger partial charge in [-0.15, -0.1) is 0 Å². The summed E-state index contributed by atoms with van der Waals surface area (Å²) in [6, 6.07) is 6.20. The Morgan fingerprint density at radius 2 is 1.93 bits per heavy atom. The Morgan fingerprint density at radius 3 is 2.59 bits per heavy atom. The summed E-state index contributed by atoms with van der Waals surface area (Å²) in [4.78, 5) is 15.5. The number of carbonyl (C=O) groups is 1. The molecule has 1 fully saturated rings. The molecule has 0 atom stereocenters. The molecule has 27 heavy (non-hydrogen) atoms. The number of fused-ring (bicyclic) bond motifs is 3. The zero-order chi connectivity index (χ0) is 19.4. The molecule has 0 radical (unpaired) electrons. The molecule has 1 aliphatic carbocycles. The lowest BCUT2D eigenvalue weighted by Crippen LogP contribution is -2.41. The number of aryl methyl sites for hydroxylation is 1. The van der Waals surface area contributed by atoms with E-state index in [1.807, 2.05) is 45.9 Å². The second-order valence-corrected chi connectivity index (χ2v) is 8.57. The van der Waals surface area contributed by atoms with Crippen LogP contribution in [0.15, 0.2) is 23.7 Å². The van der Waals surface area contributed by atoms with Crippen molar-refractivity contribution in [2.45, 2.75) is 58.2 Å². The van der Waals surface area contributed by atoms with Gasteiger partial charge in [-0.25, -0.2) is 0 Å². The molecule has 0 bridgehead atoms. The first-order chi connectivity index (χ1) is 12.7. The Kier molecular flexibility index (Phi) is 4.33. The normalized spacial score (nSPS) is 21.7. The van der Waals surface area contributed by atoms with Crippen molar-refractivity contribution in [2.24, 2.45) is 5.73 Å². The van der Waals surface area contributed by atoms with Crippen molar-refractivity contribution in [1.29, 1.82) is 0 Å². The third-order valence-electron chi connectivity index (χ3n) is 6.18. The number of carbonyl (C=O) groups excluding carboxylic acids is 1. The van der Waals surface area contributed by atoms with Gasteiger partial charge in [0.05, 0.1) is 16.9 Å². The van der Waals surface area contributed by atoms with Crippen LogP contribution in [0.25, 0.3) is 17.0 Å². The van der Waals surface area contributed by atoms with Crippen molar-refractivity contribution in [3.05, 3.63) is 40.5 Å². The fourth-order valence-corrected chi connectivity index (χ4v) is 3.84. The fraction of sp³-hybridized carbons (Fsp3) is 0.476. The van der Waals surface area contributed by atoms with Crippen LogP contribution in [0.4, 0.5) is 0 Å². The molecule has 0 unspecified atom stereocenters. The molecule has 1 saturated heterocycles. The Bertz CT molecular complexity index is 926. The molecule has 1 aromatic carbocycles. The number of hydrogen-bond donors (Lipinski definition) is 2. The smallest absolute Gasteiger partial charge is 0.400 e. The van der Waals surface area contributed by atoms with Crippen molar-refractivity contribution in [1.82, 2.24) is 4.98 Å². The van der Waals surface area contributed by atoms with Crippen LogP contribution in [0, 0.1) is 0 Å². The number of aromatic nitrogens is 1. The third kappa shape index (κ3) is 3.06. The summed E-state index contributed by atoms with van der Waals surface area (Å²) >= 11 is 0. The topological polar surface area (TPSA) is 77.3 Å². The van der Waals surface area contributed by atoms with Crippen LogP contribution < -0.4 is 5.73 Å². The lowest BCUT2D eigenvalue weighted by molar-refractivity contribution is 0.00578. The van der Waals surface area contributed by atoms with E-state index in [0.29, 0.717) is 13.0 Å². The lowest BCUT2D eigenvalue weighted by Gasteiger charge is -2.32. The number of H-pyrrole nitrogens is 1. The van der Waals surface area contributed by atoms with Crippen LogP contribution in [0.3, 0.4) is 0 Å². The average Bonchev–Trinajstić information content (AvgIpc) is 3.07. The molecule has 0 spiro atoms. The zero-order valence-corrected chi connectivity index (χ0v) is 16.5. The second kappa shape index (κ2) is 6.33. The van der Waals surface area contributed by atoms with Gasteiger partial charge in [-0.2, -0.15) is 0 Å². The van der Waals surface area contributed by atoms with Gasteiger partial charge in [0.25, 0.3) is 0 Å². The molecule has 3 N–H and O–H groups in total. The molecule has 2 aromatic rings. The van der Waals surface area contributed by atoms with E-state index < -0.39 is 18.3 Å². The summed E-state index contributed by atoms with van der Waals surface area (Å²) in [5, 5.41) is 1.12. The van der Waals surface area contributed by atoms with Gasteiger partial charge in [0, 0.05) is 23.9 Å². The molecule has 1 aliphatic heterocycles.